The monoisotopic (exact) mass is 453 g/mol. The number of ether oxygens (including phenoxy) is 1. The molecular formula is C25H21Cl2NO3. The second-order valence-corrected chi connectivity index (χ2v) is 8.96. The maximum absolute atomic E-state index is 11.6. The lowest BCUT2D eigenvalue weighted by molar-refractivity contribution is 0.0898. The maximum Gasteiger partial charge on any atom is 0.407 e. The van der Waals surface area contributed by atoms with Crippen LogP contribution in [0, 0.1) is 0 Å². The van der Waals surface area contributed by atoms with E-state index in [1.165, 1.54) is 10.5 Å². The first kappa shape index (κ1) is 20.2. The van der Waals surface area contributed by atoms with E-state index < -0.39 is 6.09 Å². The van der Waals surface area contributed by atoms with E-state index in [2.05, 4.69) is 24.3 Å². The number of piperidine rings is 1. The SMILES string of the molecule is O=C(O)N1CCC2Oc3c(Cc4ccccc4)cc(-c4ccc(Cl)cc4Cl)cc3C2C1. The van der Waals surface area contributed by atoms with Crippen molar-refractivity contribution in [2.75, 3.05) is 13.1 Å². The largest absolute Gasteiger partial charge is 0.489 e. The van der Waals surface area contributed by atoms with Crippen molar-refractivity contribution in [3.8, 4) is 16.9 Å². The Kier molecular flexibility index (Phi) is 5.28. The number of halogens is 2. The van der Waals surface area contributed by atoms with Crippen LogP contribution in [0.3, 0.4) is 0 Å². The van der Waals surface area contributed by atoms with Gasteiger partial charge in [0.15, 0.2) is 0 Å². The average molecular weight is 454 g/mol. The number of nitrogens with zero attached hydrogens (tertiary/aromatic N) is 1. The summed E-state index contributed by atoms with van der Waals surface area (Å²) >= 11 is 12.6. The van der Waals surface area contributed by atoms with Gasteiger partial charge < -0.3 is 14.7 Å². The zero-order valence-corrected chi connectivity index (χ0v) is 18.2. The Morgan fingerprint density at radius 2 is 1.90 bits per heavy atom. The van der Waals surface area contributed by atoms with Gasteiger partial charge in [0.1, 0.15) is 11.9 Å². The number of hydrogen-bond acceptors (Lipinski definition) is 2. The van der Waals surface area contributed by atoms with Crippen molar-refractivity contribution in [3.63, 3.8) is 0 Å². The molecule has 4 nitrogen and oxygen atoms in total. The summed E-state index contributed by atoms with van der Waals surface area (Å²) in [6.45, 7) is 0.934. The molecule has 31 heavy (non-hydrogen) atoms. The number of benzene rings is 3. The van der Waals surface area contributed by atoms with E-state index in [-0.39, 0.29) is 12.0 Å². The zero-order chi connectivity index (χ0) is 21.5. The second kappa shape index (κ2) is 8.10. The number of carbonyl (C=O) groups is 1. The highest BCUT2D eigenvalue weighted by atomic mass is 35.5. The van der Waals surface area contributed by atoms with Gasteiger partial charge >= 0.3 is 6.09 Å². The summed E-state index contributed by atoms with van der Waals surface area (Å²) in [4.78, 5) is 13.1. The van der Waals surface area contributed by atoms with E-state index in [9.17, 15) is 9.90 Å². The molecule has 0 saturated carbocycles. The lowest BCUT2D eigenvalue weighted by Gasteiger charge is -2.32. The summed E-state index contributed by atoms with van der Waals surface area (Å²) in [5.74, 6) is 0.903. The molecule has 0 spiro atoms. The molecule has 1 amide bonds. The Hall–Kier alpha value is -2.69. The first-order valence-corrected chi connectivity index (χ1v) is 11.1. The quantitative estimate of drug-likeness (QED) is 0.493. The van der Waals surface area contributed by atoms with E-state index >= 15 is 0 Å². The maximum atomic E-state index is 11.6. The van der Waals surface area contributed by atoms with Crippen LogP contribution in [0.1, 0.15) is 29.0 Å². The second-order valence-electron chi connectivity index (χ2n) is 8.12. The fourth-order valence-electron chi connectivity index (χ4n) is 4.65. The van der Waals surface area contributed by atoms with Crippen LogP contribution < -0.4 is 4.74 Å². The van der Waals surface area contributed by atoms with Gasteiger partial charge in [-0.25, -0.2) is 4.79 Å². The molecule has 1 saturated heterocycles. The Balaban J connectivity index is 1.62. The fourth-order valence-corrected chi connectivity index (χ4v) is 5.17. The summed E-state index contributed by atoms with van der Waals surface area (Å²) in [5, 5.41) is 10.7. The number of hydrogen-bond donors (Lipinski definition) is 1. The minimum Gasteiger partial charge on any atom is -0.489 e. The average Bonchev–Trinajstić information content (AvgIpc) is 3.13. The topological polar surface area (TPSA) is 49.8 Å². The molecule has 2 heterocycles. The molecule has 0 aliphatic carbocycles. The highest BCUT2D eigenvalue weighted by Gasteiger charge is 2.41. The Morgan fingerprint density at radius 3 is 2.65 bits per heavy atom. The lowest BCUT2D eigenvalue weighted by Crippen LogP contribution is -2.43. The van der Waals surface area contributed by atoms with Crippen LogP contribution >= 0.6 is 23.2 Å². The van der Waals surface area contributed by atoms with Crippen LogP contribution in [0.25, 0.3) is 11.1 Å². The van der Waals surface area contributed by atoms with Gasteiger partial charge in [-0.3, -0.25) is 0 Å². The van der Waals surface area contributed by atoms with Crippen LogP contribution in [-0.4, -0.2) is 35.3 Å². The van der Waals surface area contributed by atoms with Crippen LogP contribution in [0.5, 0.6) is 5.75 Å². The summed E-state index contributed by atoms with van der Waals surface area (Å²) in [6.07, 6.45) is 0.530. The van der Waals surface area contributed by atoms with Gasteiger partial charge in [-0.15, -0.1) is 0 Å². The molecule has 2 aliphatic heterocycles. The minimum absolute atomic E-state index is 0.00365. The molecule has 2 aliphatic rings. The predicted molar refractivity (Wildman–Crippen MR) is 123 cm³/mol. The van der Waals surface area contributed by atoms with Crippen molar-refractivity contribution in [3.05, 3.63) is 87.4 Å². The van der Waals surface area contributed by atoms with Gasteiger partial charge in [0.2, 0.25) is 0 Å². The Labute approximate surface area is 191 Å². The lowest BCUT2D eigenvalue weighted by atomic mass is 9.86. The fraction of sp³-hybridized carbons (Fsp3) is 0.240. The molecule has 1 fully saturated rings. The molecule has 5 rings (SSSR count). The number of carboxylic acid groups (broad SMARTS) is 1. The predicted octanol–water partition coefficient (Wildman–Crippen LogP) is 6.48. The first-order chi connectivity index (χ1) is 15.0. The summed E-state index contributed by atoms with van der Waals surface area (Å²) in [6, 6.07) is 20.0. The minimum atomic E-state index is -0.881. The van der Waals surface area contributed by atoms with Gasteiger partial charge in [-0.1, -0.05) is 59.6 Å². The summed E-state index contributed by atoms with van der Waals surface area (Å²) in [7, 11) is 0. The molecular weight excluding hydrogens is 433 g/mol. The van der Waals surface area contributed by atoms with Crippen molar-refractivity contribution in [1.29, 1.82) is 0 Å². The van der Waals surface area contributed by atoms with Crippen molar-refractivity contribution < 1.29 is 14.6 Å². The van der Waals surface area contributed by atoms with Gasteiger partial charge in [-0.05, 0) is 41.0 Å². The smallest absolute Gasteiger partial charge is 0.407 e. The highest BCUT2D eigenvalue weighted by molar-refractivity contribution is 6.36. The first-order valence-electron chi connectivity index (χ1n) is 10.3. The van der Waals surface area contributed by atoms with Crippen LogP contribution in [0.15, 0.2) is 60.7 Å². The molecule has 6 heteroatoms. The third-order valence-corrected chi connectivity index (χ3v) is 6.71. The Bertz CT molecular complexity index is 1150. The van der Waals surface area contributed by atoms with Crippen LogP contribution in [0.4, 0.5) is 4.79 Å². The zero-order valence-electron chi connectivity index (χ0n) is 16.7. The van der Waals surface area contributed by atoms with Gasteiger partial charge in [-0.2, -0.15) is 0 Å². The number of fused-ring (bicyclic) bond motifs is 3. The van der Waals surface area contributed by atoms with E-state index in [4.69, 9.17) is 27.9 Å². The summed E-state index contributed by atoms with van der Waals surface area (Å²) in [5.41, 5.74) is 5.22. The molecule has 0 radical (unpaired) electrons. The summed E-state index contributed by atoms with van der Waals surface area (Å²) < 4.78 is 6.41. The Morgan fingerprint density at radius 1 is 1.10 bits per heavy atom. The van der Waals surface area contributed by atoms with Gasteiger partial charge in [0.25, 0.3) is 0 Å². The highest BCUT2D eigenvalue weighted by Crippen LogP contribution is 2.47. The van der Waals surface area contributed by atoms with Crippen molar-refractivity contribution >= 4 is 29.3 Å². The molecule has 2 unspecified atom stereocenters. The molecule has 158 valence electrons. The third kappa shape index (κ3) is 3.86. The molecule has 0 aromatic heterocycles. The third-order valence-electron chi connectivity index (χ3n) is 6.16. The number of likely N-dealkylation sites (tertiary alicyclic amines) is 1. The van der Waals surface area contributed by atoms with Gasteiger partial charge in [0.05, 0.1) is 0 Å². The van der Waals surface area contributed by atoms with Crippen molar-refractivity contribution in [2.24, 2.45) is 0 Å². The normalized spacial score (nSPS) is 19.5. The molecule has 2 atom stereocenters. The van der Waals surface area contributed by atoms with Crippen molar-refractivity contribution in [2.45, 2.75) is 24.9 Å². The molecule has 1 N–H and O–H groups in total. The van der Waals surface area contributed by atoms with Crippen LogP contribution in [0.2, 0.25) is 10.0 Å². The van der Waals surface area contributed by atoms with E-state index in [0.717, 1.165) is 34.4 Å². The molecule has 3 aromatic carbocycles. The molecule has 3 aromatic rings. The standard InChI is InChI=1S/C25H21Cl2NO3/c26-18-6-7-19(22(27)13-18)16-11-17(10-15-4-2-1-3-5-15)24-20(12-16)21-14-28(25(29)30)9-8-23(21)31-24/h1-7,11-13,21,23H,8-10,14H2,(H,29,30). The van der Waals surface area contributed by atoms with E-state index in [0.29, 0.717) is 29.6 Å². The van der Waals surface area contributed by atoms with E-state index in [1.807, 2.05) is 30.3 Å². The van der Waals surface area contributed by atoms with E-state index in [1.54, 1.807) is 6.07 Å². The van der Waals surface area contributed by atoms with Crippen LogP contribution in [-0.2, 0) is 6.42 Å². The number of amides is 1. The van der Waals surface area contributed by atoms with Crippen molar-refractivity contribution in [1.82, 2.24) is 4.90 Å². The number of rotatable bonds is 3. The molecule has 0 bridgehead atoms. The van der Waals surface area contributed by atoms with Gasteiger partial charge in [0, 0.05) is 53.0 Å².